The van der Waals surface area contributed by atoms with Crippen molar-refractivity contribution < 1.29 is 33.1 Å². The first-order chi connectivity index (χ1) is 28.6. The molecule has 4 fully saturated rings. The highest BCUT2D eigenvalue weighted by atomic mass is 35.5. The van der Waals surface area contributed by atoms with Gasteiger partial charge in [0.2, 0.25) is 11.8 Å². The zero-order valence-electron chi connectivity index (χ0n) is 34.1. The van der Waals surface area contributed by atoms with Crippen LogP contribution in [0.25, 0.3) is 0 Å². The molecular weight excluding hydrogens is 791 g/mol. The molecule has 1 unspecified atom stereocenters. The number of nitriles is 1. The second-order valence-corrected chi connectivity index (χ2v) is 18.1. The van der Waals surface area contributed by atoms with Crippen molar-refractivity contribution in [3.63, 3.8) is 0 Å². The second kappa shape index (κ2) is 15.8. The molecule has 4 aliphatic heterocycles. The molecule has 3 aromatic rings. The molecule has 5 aliphatic rings. The van der Waals surface area contributed by atoms with Gasteiger partial charge in [-0.3, -0.25) is 39.1 Å². The molecule has 60 heavy (non-hydrogen) atoms. The number of amides is 5. The van der Waals surface area contributed by atoms with E-state index in [4.69, 9.17) is 16.3 Å². The number of imide groups is 2. The summed E-state index contributed by atoms with van der Waals surface area (Å²) in [6.45, 7) is 13.7. The summed E-state index contributed by atoms with van der Waals surface area (Å²) >= 11 is 6.24. The topological polar surface area (TPSA) is 168 Å². The van der Waals surface area contributed by atoms with E-state index in [1.807, 2.05) is 17.0 Å². The van der Waals surface area contributed by atoms with Gasteiger partial charge in [0.15, 0.2) is 0 Å². The molecule has 1 aromatic heterocycles. The number of nitrogens with one attached hydrogen (secondary N) is 2. The maximum Gasteiger partial charge on any atom is 0.262 e. The number of fused-ring (bicyclic) bond motifs is 1. The summed E-state index contributed by atoms with van der Waals surface area (Å²) < 4.78 is 21.8. The number of ether oxygens (including phenoxy) is 1. The summed E-state index contributed by atoms with van der Waals surface area (Å²) in [5, 5.41) is 15.0. The zero-order chi connectivity index (χ0) is 42.7. The fourth-order valence-corrected chi connectivity index (χ4v) is 10.3. The Morgan fingerprint density at radius 3 is 2.23 bits per heavy atom. The number of halogens is 2. The molecule has 8 rings (SSSR count). The van der Waals surface area contributed by atoms with Gasteiger partial charge in [0.05, 0.1) is 33.0 Å². The van der Waals surface area contributed by atoms with E-state index < -0.39 is 35.5 Å². The first-order valence-electron chi connectivity index (χ1n) is 20.5. The fraction of sp³-hybridized carbons (Fsp3) is 0.477. The third kappa shape index (κ3) is 7.44. The van der Waals surface area contributed by atoms with Crippen LogP contribution in [-0.4, -0.2) is 108 Å². The van der Waals surface area contributed by atoms with Crippen molar-refractivity contribution >= 4 is 52.6 Å². The molecule has 14 nitrogen and oxygen atoms in total. The lowest BCUT2D eigenvalue weighted by Gasteiger charge is -2.63. The van der Waals surface area contributed by atoms with Crippen LogP contribution in [0.5, 0.6) is 5.75 Å². The summed E-state index contributed by atoms with van der Waals surface area (Å²) in [5.41, 5.74) is 0.358. The molecule has 2 aromatic carbocycles. The molecule has 0 spiro atoms. The van der Waals surface area contributed by atoms with Gasteiger partial charge in [-0.15, -0.1) is 0 Å². The summed E-state index contributed by atoms with van der Waals surface area (Å²) in [6, 6.07) is 12.1. The van der Waals surface area contributed by atoms with Crippen LogP contribution in [0.3, 0.4) is 0 Å². The van der Waals surface area contributed by atoms with E-state index in [2.05, 4.69) is 59.2 Å². The highest BCUT2D eigenvalue weighted by molar-refractivity contribution is 6.31. The van der Waals surface area contributed by atoms with Crippen molar-refractivity contribution in [3.8, 4) is 11.8 Å². The molecule has 1 atom stereocenters. The molecule has 16 heteroatoms. The monoisotopic (exact) mass is 838 g/mol. The number of piperazine rings is 1. The number of pyridine rings is 1. The Hall–Kier alpha value is -5.59. The Morgan fingerprint density at radius 1 is 0.933 bits per heavy atom. The van der Waals surface area contributed by atoms with E-state index in [1.165, 1.54) is 6.07 Å². The summed E-state index contributed by atoms with van der Waals surface area (Å²) in [6.07, 6.45) is 3.15. The number of anilines is 2. The van der Waals surface area contributed by atoms with E-state index >= 15 is 4.39 Å². The lowest BCUT2D eigenvalue weighted by Crippen LogP contribution is -2.74. The summed E-state index contributed by atoms with van der Waals surface area (Å²) in [7, 11) is 0. The third-order valence-electron chi connectivity index (χ3n) is 13.1. The van der Waals surface area contributed by atoms with Crippen LogP contribution < -0.4 is 25.2 Å². The smallest absolute Gasteiger partial charge is 0.262 e. The molecular formula is C44H48ClFN8O6. The molecule has 1 aliphatic carbocycles. The van der Waals surface area contributed by atoms with Crippen molar-refractivity contribution in [2.75, 3.05) is 55.6 Å². The average Bonchev–Trinajstić information content (AvgIpc) is 3.46. The van der Waals surface area contributed by atoms with Gasteiger partial charge in [0, 0.05) is 81.4 Å². The first kappa shape index (κ1) is 41.2. The highest BCUT2D eigenvalue weighted by Crippen LogP contribution is 2.55. The number of rotatable bonds is 9. The fourth-order valence-electron chi connectivity index (χ4n) is 10.1. The van der Waals surface area contributed by atoms with E-state index in [-0.39, 0.29) is 58.5 Å². The Morgan fingerprint density at radius 2 is 1.62 bits per heavy atom. The summed E-state index contributed by atoms with van der Waals surface area (Å²) in [5.74, 6) is -1.52. The molecule has 5 amide bonds. The average molecular weight is 839 g/mol. The van der Waals surface area contributed by atoms with E-state index in [1.54, 1.807) is 24.4 Å². The quantitative estimate of drug-likeness (QED) is 0.284. The van der Waals surface area contributed by atoms with Crippen LogP contribution in [0.4, 0.5) is 15.9 Å². The number of aromatic nitrogens is 1. The van der Waals surface area contributed by atoms with Crippen LogP contribution in [-0.2, 0) is 9.59 Å². The van der Waals surface area contributed by atoms with Gasteiger partial charge in [-0.05, 0) is 61.6 Å². The molecule has 5 heterocycles. The predicted molar refractivity (Wildman–Crippen MR) is 220 cm³/mol. The van der Waals surface area contributed by atoms with Crippen molar-refractivity contribution in [1.29, 1.82) is 5.26 Å². The zero-order valence-corrected chi connectivity index (χ0v) is 34.9. The number of benzene rings is 2. The second-order valence-electron chi connectivity index (χ2n) is 17.7. The maximum atomic E-state index is 15.5. The summed E-state index contributed by atoms with van der Waals surface area (Å²) in [4.78, 5) is 76.1. The molecule has 3 saturated heterocycles. The van der Waals surface area contributed by atoms with Crippen molar-refractivity contribution in [2.24, 2.45) is 16.7 Å². The van der Waals surface area contributed by atoms with Crippen LogP contribution >= 0.6 is 11.6 Å². The molecule has 0 radical (unpaired) electrons. The largest absolute Gasteiger partial charge is 0.489 e. The van der Waals surface area contributed by atoms with Crippen LogP contribution in [0.1, 0.15) is 90.0 Å². The van der Waals surface area contributed by atoms with Gasteiger partial charge in [-0.1, -0.05) is 39.3 Å². The van der Waals surface area contributed by atoms with Gasteiger partial charge in [-0.2, -0.15) is 5.26 Å². The number of carbonyl (C=O) groups excluding carboxylic acids is 5. The third-order valence-corrected chi connectivity index (χ3v) is 13.4. The Labute approximate surface area is 353 Å². The number of carbonyl (C=O) groups is 5. The number of hydrogen-bond donors (Lipinski definition) is 2. The Kier molecular flexibility index (Phi) is 10.8. The number of piperidine rings is 2. The van der Waals surface area contributed by atoms with Crippen molar-refractivity contribution in [2.45, 2.75) is 71.6 Å². The standard InChI is InChI=1S/C44H48ClFN8O6/c1-43(2)41(44(3,4)42(43)60-28-7-5-26(22-47)31(45)19-28)50-37(56)27-6-9-35(48-23-27)53-17-15-51(16-18-53)24-25-11-13-52(14-12-25)34-21-30-29(20-32(34)46)39(58)54(40(30)59)33-8-10-36(55)49-38(33)57/h5-7,9,19-21,23,25,33,41-42H,8,10-18,24H2,1-4H3,(H,50,56)(H,49,55,57)/t33?,41-,42-. The molecule has 0 bridgehead atoms. The first-order valence-corrected chi connectivity index (χ1v) is 20.8. The molecule has 314 valence electrons. The lowest BCUT2D eigenvalue weighted by atomic mass is 9.49. The highest BCUT2D eigenvalue weighted by Gasteiger charge is 2.64. The number of nitrogens with zero attached hydrogens (tertiary/aromatic N) is 6. The normalized spacial score (nSPS) is 24.1. The van der Waals surface area contributed by atoms with Crippen molar-refractivity contribution in [1.82, 2.24) is 25.4 Å². The minimum atomic E-state index is -1.10. The Balaban J connectivity index is 0.800. The Bertz CT molecular complexity index is 2280. The van der Waals surface area contributed by atoms with Crippen LogP contribution in [0.15, 0.2) is 48.7 Å². The van der Waals surface area contributed by atoms with Gasteiger partial charge >= 0.3 is 0 Å². The van der Waals surface area contributed by atoms with E-state index in [0.717, 1.165) is 62.3 Å². The van der Waals surface area contributed by atoms with Crippen molar-refractivity contribution in [3.05, 3.63) is 81.8 Å². The minimum absolute atomic E-state index is 0.0136. The lowest BCUT2D eigenvalue weighted by molar-refractivity contribution is -0.164. The van der Waals surface area contributed by atoms with Gasteiger partial charge in [0.1, 0.15) is 35.6 Å². The van der Waals surface area contributed by atoms with Gasteiger partial charge < -0.3 is 19.9 Å². The van der Waals surface area contributed by atoms with Gasteiger partial charge in [0.25, 0.3) is 17.7 Å². The minimum Gasteiger partial charge on any atom is -0.489 e. The van der Waals surface area contributed by atoms with Gasteiger partial charge in [-0.25, -0.2) is 9.37 Å². The maximum absolute atomic E-state index is 15.5. The van der Waals surface area contributed by atoms with E-state index in [9.17, 15) is 29.2 Å². The van der Waals surface area contributed by atoms with Crippen LogP contribution in [0.2, 0.25) is 5.02 Å². The van der Waals surface area contributed by atoms with E-state index in [0.29, 0.717) is 40.9 Å². The molecule has 1 saturated carbocycles. The van der Waals surface area contributed by atoms with Crippen LogP contribution in [0, 0.1) is 33.9 Å². The predicted octanol–water partition coefficient (Wildman–Crippen LogP) is 4.80. The molecule has 2 N–H and O–H groups in total. The number of hydrogen-bond acceptors (Lipinski definition) is 11. The SMILES string of the molecule is CC1(C)[C@H](NC(=O)c2ccc(N3CCN(CC4CCN(c5cc6c(cc5F)C(=O)N(C5CCC(=O)NC5=O)C6=O)CC4)CC3)nc2)C(C)(C)[C@H]1Oc1ccc(C#N)c(Cl)c1.